The van der Waals surface area contributed by atoms with Crippen LogP contribution in [-0.2, 0) is 16.1 Å². The number of carboxylic acid groups (broad SMARTS) is 1. The average Bonchev–Trinajstić information content (AvgIpc) is 2.78. The Morgan fingerprint density at radius 3 is 2.66 bits per heavy atom. The molecule has 1 amide bonds. The largest absolute Gasteiger partial charge is 0.478 e. The van der Waals surface area contributed by atoms with Crippen LogP contribution in [0.4, 0.5) is 0 Å². The fourth-order valence-corrected chi connectivity index (χ4v) is 4.55. The van der Waals surface area contributed by atoms with E-state index in [-0.39, 0.29) is 17.6 Å². The van der Waals surface area contributed by atoms with Gasteiger partial charge in [-0.3, -0.25) is 9.69 Å². The van der Waals surface area contributed by atoms with E-state index in [1.54, 1.807) is 42.1 Å². The molecule has 0 bridgehead atoms. The molecular formula is C23H26Cl2N2O4S. The van der Waals surface area contributed by atoms with Crippen molar-refractivity contribution in [3.05, 3.63) is 63.6 Å². The zero-order chi connectivity index (χ0) is 22.9. The molecule has 1 saturated heterocycles. The molecule has 172 valence electrons. The van der Waals surface area contributed by atoms with Gasteiger partial charge in [0, 0.05) is 37.5 Å². The number of halogens is 2. The second kappa shape index (κ2) is 12.5. The van der Waals surface area contributed by atoms with Crippen molar-refractivity contribution in [1.82, 2.24) is 10.2 Å². The van der Waals surface area contributed by atoms with Gasteiger partial charge in [0.25, 0.3) is 0 Å². The van der Waals surface area contributed by atoms with E-state index < -0.39 is 5.97 Å². The van der Waals surface area contributed by atoms with Crippen molar-refractivity contribution in [2.45, 2.75) is 30.4 Å². The minimum absolute atomic E-state index is 0.0111. The van der Waals surface area contributed by atoms with E-state index >= 15 is 0 Å². The van der Waals surface area contributed by atoms with E-state index in [1.165, 1.54) is 0 Å². The van der Waals surface area contributed by atoms with Crippen molar-refractivity contribution in [3.63, 3.8) is 0 Å². The topological polar surface area (TPSA) is 78.9 Å². The Morgan fingerprint density at radius 1 is 1.16 bits per heavy atom. The standard InChI is InChI=1S/C23H26Cl2N2O4S/c24-20-8-3-16(12-21(20)25)14-27-9-10-31-18(15-27)13-26-22(28)2-1-11-32-19-6-4-17(5-7-19)23(29)30/h3-8,12,18H,1-2,9-11,13-15H2,(H,26,28)(H,29,30). The van der Waals surface area contributed by atoms with Crippen LogP contribution in [0, 0.1) is 0 Å². The lowest BCUT2D eigenvalue weighted by molar-refractivity contribution is -0.122. The van der Waals surface area contributed by atoms with Crippen molar-refractivity contribution in [2.75, 3.05) is 32.0 Å². The highest BCUT2D eigenvalue weighted by atomic mass is 35.5. The molecule has 1 aliphatic rings. The Hall–Kier alpha value is -1.77. The normalized spacial score (nSPS) is 16.6. The summed E-state index contributed by atoms with van der Waals surface area (Å²) in [5, 5.41) is 13.0. The number of hydrogen-bond donors (Lipinski definition) is 2. The van der Waals surface area contributed by atoms with Gasteiger partial charge in [-0.05, 0) is 54.1 Å². The van der Waals surface area contributed by atoms with Crippen LogP contribution in [0.2, 0.25) is 10.0 Å². The van der Waals surface area contributed by atoms with E-state index in [9.17, 15) is 9.59 Å². The highest BCUT2D eigenvalue weighted by Crippen LogP contribution is 2.24. The number of nitrogens with one attached hydrogen (secondary N) is 1. The lowest BCUT2D eigenvalue weighted by Crippen LogP contribution is -2.47. The molecule has 0 saturated carbocycles. The molecule has 1 fully saturated rings. The molecule has 1 atom stereocenters. The number of benzene rings is 2. The number of hydrogen-bond acceptors (Lipinski definition) is 5. The van der Waals surface area contributed by atoms with Gasteiger partial charge in [0.1, 0.15) is 0 Å². The molecule has 1 unspecified atom stereocenters. The van der Waals surface area contributed by atoms with E-state index in [2.05, 4.69) is 10.2 Å². The Labute approximate surface area is 202 Å². The van der Waals surface area contributed by atoms with Gasteiger partial charge in [-0.1, -0.05) is 29.3 Å². The molecule has 1 aliphatic heterocycles. The zero-order valence-electron chi connectivity index (χ0n) is 17.6. The van der Waals surface area contributed by atoms with Crippen LogP contribution in [0.3, 0.4) is 0 Å². The van der Waals surface area contributed by atoms with Crippen molar-refractivity contribution in [3.8, 4) is 0 Å². The molecule has 2 aromatic carbocycles. The molecule has 2 aromatic rings. The number of nitrogens with zero attached hydrogens (tertiary/aromatic N) is 1. The molecule has 0 radical (unpaired) electrons. The third-order valence-electron chi connectivity index (χ3n) is 5.06. The van der Waals surface area contributed by atoms with Gasteiger partial charge in [0.15, 0.2) is 0 Å². The van der Waals surface area contributed by atoms with Crippen LogP contribution in [-0.4, -0.2) is 60.0 Å². The first-order valence-electron chi connectivity index (χ1n) is 10.4. The molecule has 3 rings (SSSR count). The minimum Gasteiger partial charge on any atom is -0.478 e. The lowest BCUT2D eigenvalue weighted by Gasteiger charge is -2.33. The maximum absolute atomic E-state index is 12.2. The fourth-order valence-electron chi connectivity index (χ4n) is 3.38. The predicted octanol–water partition coefficient (Wildman–Crippen LogP) is 4.58. The Morgan fingerprint density at radius 2 is 1.94 bits per heavy atom. The summed E-state index contributed by atoms with van der Waals surface area (Å²) < 4.78 is 5.80. The number of ether oxygens (including phenoxy) is 1. The van der Waals surface area contributed by atoms with Crippen LogP contribution in [0.15, 0.2) is 47.4 Å². The molecule has 9 heteroatoms. The highest BCUT2D eigenvalue weighted by molar-refractivity contribution is 7.99. The summed E-state index contributed by atoms with van der Waals surface area (Å²) >= 11 is 13.7. The van der Waals surface area contributed by atoms with Gasteiger partial charge in [0.05, 0.1) is 28.3 Å². The molecular weight excluding hydrogens is 471 g/mol. The maximum atomic E-state index is 12.2. The van der Waals surface area contributed by atoms with Crippen molar-refractivity contribution in [2.24, 2.45) is 0 Å². The third kappa shape index (κ3) is 7.98. The quantitative estimate of drug-likeness (QED) is 0.370. The number of morpholine rings is 1. The van der Waals surface area contributed by atoms with Gasteiger partial charge in [-0.25, -0.2) is 4.79 Å². The van der Waals surface area contributed by atoms with Crippen LogP contribution in [0.25, 0.3) is 0 Å². The number of rotatable bonds is 10. The number of carbonyl (C=O) groups excluding carboxylic acids is 1. The Balaban J connectivity index is 1.32. The molecule has 0 aromatic heterocycles. The van der Waals surface area contributed by atoms with Crippen LogP contribution in [0.5, 0.6) is 0 Å². The van der Waals surface area contributed by atoms with Crippen LogP contribution >= 0.6 is 35.0 Å². The molecule has 32 heavy (non-hydrogen) atoms. The molecule has 0 spiro atoms. The Kier molecular flexibility index (Phi) is 9.69. The summed E-state index contributed by atoms with van der Waals surface area (Å²) in [6.07, 6.45) is 1.14. The zero-order valence-corrected chi connectivity index (χ0v) is 19.9. The van der Waals surface area contributed by atoms with Gasteiger partial charge in [-0.2, -0.15) is 0 Å². The van der Waals surface area contributed by atoms with E-state index in [4.69, 9.17) is 33.0 Å². The summed E-state index contributed by atoms with van der Waals surface area (Å²) in [5.41, 5.74) is 1.37. The smallest absolute Gasteiger partial charge is 0.335 e. The van der Waals surface area contributed by atoms with Crippen LogP contribution in [0.1, 0.15) is 28.8 Å². The minimum atomic E-state index is -0.933. The third-order valence-corrected chi connectivity index (χ3v) is 6.90. The van der Waals surface area contributed by atoms with E-state index in [0.29, 0.717) is 29.6 Å². The first kappa shape index (κ1) is 24.9. The molecule has 0 aliphatic carbocycles. The second-order valence-corrected chi connectivity index (χ2v) is 9.54. The Bertz CT molecular complexity index is 927. The van der Waals surface area contributed by atoms with Crippen molar-refractivity contribution >= 4 is 46.8 Å². The lowest BCUT2D eigenvalue weighted by atomic mass is 10.2. The summed E-state index contributed by atoms with van der Waals surface area (Å²) in [7, 11) is 0. The first-order chi connectivity index (χ1) is 15.4. The monoisotopic (exact) mass is 496 g/mol. The van der Waals surface area contributed by atoms with Crippen molar-refractivity contribution < 1.29 is 19.4 Å². The number of aromatic carboxylic acids is 1. The predicted molar refractivity (Wildman–Crippen MR) is 128 cm³/mol. The summed E-state index contributed by atoms with van der Waals surface area (Å²) in [6.45, 7) is 3.44. The SMILES string of the molecule is O=C(CCCSc1ccc(C(=O)O)cc1)NCC1CN(Cc2ccc(Cl)c(Cl)c2)CCO1. The average molecular weight is 497 g/mol. The van der Waals surface area contributed by atoms with Crippen LogP contribution < -0.4 is 5.32 Å². The van der Waals surface area contributed by atoms with Gasteiger partial charge in [0.2, 0.25) is 5.91 Å². The van der Waals surface area contributed by atoms with Gasteiger partial charge in [-0.15, -0.1) is 11.8 Å². The number of carbonyl (C=O) groups is 2. The second-order valence-electron chi connectivity index (χ2n) is 7.56. The fraction of sp³-hybridized carbons (Fsp3) is 0.391. The maximum Gasteiger partial charge on any atom is 0.335 e. The van der Waals surface area contributed by atoms with Crippen molar-refractivity contribution in [1.29, 1.82) is 0 Å². The number of thioether (sulfide) groups is 1. The summed E-state index contributed by atoms with van der Waals surface area (Å²) in [4.78, 5) is 26.3. The van der Waals surface area contributed by atoms with Gasteiger partial charge < -0.3 is 15.2 Å². The highest BCUT2D eigenvalue weighted by Gasteiger charge is 2.21. The summed E-state index contributed by atoms with van der Waals surface area (Å²) in [5.74, 6) is -0.133. The number of carboxylic acids is 1. The molecule has 2 N–H and O–H groups in total. The summed E-state index contributed by atoms with van der Waals surface area (Å²) in [6, 6.07) is 12.4. The van der Waals surface area contributed by atoms with E-state index in [1.807, 2.05) is 12.1 Å². The van der Waals surface area contributed by atoms with E-state index in [0.717, 1.165) is 42.3 Å². The molecule has 6 nitrogen and oxygen atoms in total. The molecule has 1 heterocycles. The number of amides is 1. The van der Waals surface area contributed by atoms with Gasteiger partial charge >= 0.3 is 5.97 Å². The first-order valence-corrected chi connectivity index (χ1v) is 12.2.